The van der Waals surface area contributed by atoms with E-state index in [1.807, 2.05) is 0 Å². The fraction of sp³-hybridized carbons (Fsp3) is 0.500. The van der Waals surface area contributed by atoms with Crippen LogP contribution < -0.4 is 6.15 Å². The predicted octanol–water partition coefficient (Wildman–Crippen LogP) is 1.07. The second-order valence-corrected chi connectivity index (χ2v) is 5.19. The van der Waals surface area contributed by atoms with Gasteiger partial charge in [0.05, 0.1) is 0 Å². The molecule has 0 rings (SSSR count). The summed E-state index contributed by atoms with van der Waals surface area (Å²) in [6.45, 7) is 10.8. The topological polar surface area (TPSA) is 408 Å². The molecule has 0 atom stereocenters. The molecule has 0 fully saturated rings. The van der Waals surface area contributed by atoms with Gasteiger partial charge in [0, 0.05) is 69.2 Å². The molecule has 41 heavy (non-hydrogen) atoms. The van der Waals surface area contributed by atoms with Crippen molar-refractivity contribution >= 4 is 59.7 Å². The van der Waals surface area contributed by atoms with Crippen LogP contribution in [-0.2, 0) is 47.9 Å². The summed E-state index contributed by atoms with van der Waals surface area (Å²) in [5, 5.41) is 74.2. The SMILES string of the molecule is CC(=O)O.CC(=O)O.CC(=O)O.CC(=O)O.CC(=O)O.CC(=O)O.CC(=O)O.CC(=O)O.CC(=O)O.CC(=O)O.N. The molecule has 21 heteroatoms. The number of rotatable bonds is 0. The Morgan fingerprint density at radius 1 is 0.220 bits per heavy atom. The first-order chi connectivity index (χ1) is 17.3. The van der Waals surface area contributed by atoms with Crippen LogP contribution in [0.5, 0.6) is 0 Å². The Bertz CT molecular complexity index is 476. The number of hydrogen-bond acceptors (Lipinski definition) is 11. The van der Waals surface area contributed by atoms with E-state index in [4.69, 9.17) is 99.0 Å². The van der Waals surface area contributed by atoms with E-state index in [9.17, 15) is 0 Å². The van der Waals surface area contributed by atoms with Crippen molar-refractivity contribution in [2.45, 2.75) is 69.2 Å². The zero-order valence-electron chi connectivity index (χ0n) is 24.3. The molecule has 0 aromatic rings. The van der Waals surface area contributed by atoms with Crippen molar-refractivity contribution in [3.05, 3.63) is 0 Å². The van der Waals surface area contributed by atoms with E-state index in [2.05, 4.69) is 0 Å². The fourth-order valence-corrected chi connectivity index (χ4v) is 0. The second kappa shape index (κ2) is 64.6. The van der Waals surface area contributed by atoms with E-state index in [0.29, 0.717) is 0 Å². The van der Waals surface area contributed by atoms with Crippen LogP contribution in [0.1, 0.15) is 69.2 Å². The molecule has 0 aliphatic heterocycles. The maximum Gasteiger partial charge on any atom is 0.300 e. The quantitative estimate of drug-likeness (QED) is 0.181. The number of carboxylic acid groups (broad SMARTS) is 10. The molecule has 0 aliphatic carbocycles. The van der Waals surface area contributed by atoms with E-state index < -0.39 is 59.7 Å². The van der Waals surface area contributed by atoms with E-state index in [1.165, 1.54) is 0 Å². The number of hydrogen-bond donors (Lipinski definition) is 11. The average Bonchev–Trinajstić information content (AvgIpc) is 2.47. The summed E-state index contributed by atoms with van der Waals surface area (Å²) >= 11 is 0. The number of carboxylic acids is 10. The largest absolute Gasteiger partial charge is 0.481 e. The lowest BCUT2D eigenvalue weighted by molar-refractivity contribution is -0.135. The molecule has 21 nitrogen and oxygen atoms in total. The highest BCUT2D eigenvalue weighted by Crippen LogP contribution is 1.45. The lowest BCUT2D eigenvalue weighted by Crippen LogP contribution is -1.78. The van der Waals surface area contributed by atoms with E-state index in [0.717, 1.165) is 69.2 Å². The summed E-state index contributed by atoms with van der Waals surface area (Å²) in [5.74, 6) is -8.33. The summed E-state index contributed by atoms with van der Waals surface area (Å²) in [5.41, 5.74) is 0. The summed E-state index contributed by atoms with van der Waals surface area (Å²) in [4.78, 5) is 90.0. The molecule has 0 aromatic heterocycles. The highest BCUT2D eigenvalue weighted by Gasteiger charge is 1.68. The minimum absolute atomic E-state index is 0. The monoisotopic (exact) mass is 617 g/mol. The maximum absolute atomic E-state index is 9.00. The van der Waals surface area contributed by atoms with Gasteiger partial charge in [-0.3, -0.25) is 47.9 Å². The predicted molar refractivity (Wildman–Crippen MR) is 138 cm³/mol. The summed E-state index contributed by atoms with van der Waals surface area (Å²) in [6, 6.07) is 0. The van der Waals surface area contributed by atoms with Gasteiger partial charge in [0.25, 0.3) is 59.7 Å². The van der Waals surface area contributed by atoms with Gasteiger partial charge in [-0.25, -0.2) is 0 Å². The molecule has 248 valence electrons. The lowest BCUT2D eigenvalue weighted by Gasteiger charge is -1.59. The Morgan fingerprint density at radius 2 is 0.220 bits per heavy atom. The third-order valence-corrected chi connectivity index (χ3v) is 0. The smallest absolute Gasteiger partial charge is 0.300 e. The van der Waals surface area contributed by atoms with Crippen LogP contribution in [0.4, 0.5) is 0 Å². The van der Waals surface area contributed by atoms with Crippen molar-refractivity contribution in [3.63, 3.8) is 0 Å². The molecule has 0 saturated heterocycles. The Balaban J connectivity index is -0.0000000270. The molecule has 0 saturated carbocycles. The molecule has 0 heterocycles. The minimum Gasteiger partial charge on any atom is -0.481 e. The lowest BCUT2D eigenvalue weighted by atomic mass is 10.9. The van der Waals surface area contributed by atoms with Crippen LogP contribution in [0.3, 0.4) is 0 Å². The normalized spacial score (nSPS) is 6.10. The fourth-order valence-electron chi connectivity index (χ4n) is 0. The van der Waals surface area contributed by atoms with Crippen LogP contribution in [0.25, 0.3) is 0 Å². The Morgan fingerprint density at radius 3 is 0.220 bits per heavy atom. The van der Waals surface area contributed by atoms with Gasteiger partial charge in [0.15, 0.2) is 0 Å². The van der Waals surface area contributed by atoms with Crippen LogP contribution in [0, 0.1) is 0 Å². The molecule has 13 N–H and O–H groups in total. The zero-order valence-corrected chi connectivity index (χ0v) is 24.3. The van der Waals surface area contributed by atoms with Gasteiger partial charge in [-0.1, -0.05) is 0 Å². The molecule has 0 unspecified atom stereocenters. The highest BCUT2D eigenvalue weighted by atomic mass is 16.4. The third kappa shape index (κ3) is 1300. The Labute approximate surface area is 234 Å². The van der Waals surface area contributed by atoms with Crippen molar-refractivity contribution in [1.82, 2.24) is 6.15 Å². The van der Waals surface area contributed by atoms with Gasteiger partial charge in [0.1, 0.15) is 0 Å². The summed E-state index contributed by atoms with van der Waals surface area (Å²) in [7, 11) is 0. The number of carbonyl (C=O) groups is 10. The first-order valence-electron chi connectivity index (χ1n) is 9.28. The standard InChI is InChI=1S/10C2H4O2.H3N/c10*1-2(3)4;/h10*1H3,(H,3,4);1H3. The first-order valence-corrected chi connectivity index (χ1v) is 9.28. The summed E-state index contributed by atoms with van der Waals surface area (Å²) in [6.07, 6.45) is 0. The maximum atomic E-state index is 9.00. The molecule has 0 radical (unpaired) electrons. The van der Waals surface area contributed by atoms with Crippen molar-refractivity contribution in [1.29, 1.82) is 0 Å². The molecule has 0 spiro atoms. The van der Waals surface area contributed by atoms with Crippen LogP contribution in [0.2, 0.25) is 0 Å². The van der Waals surface area contributed by atoms with Gasteiger partial charge < -0.3 is 57.2 Å². The zero-order chi connectivity index (χ0) is 35.8. The van der Waals surface area contributed by atoms with Crippen molar-refractivity contribution in [2.24, 2.45) is 0 Å². The van der Waals surface area contributed by atoms with Crippen molar-refractivity contribution < 1.29 is 99.0 Å². The van der Waals surface area contributed by atoms with Gasteiger partial charge in [0.2, 0.25) is 0 Å². The summed E-state index contributed by atoms with van der Waals surface area (Å²) < 4.78 is 0. The van der Waals surface area contributed by atoms with E-state index in [-0.39, 0.29) is 6.15 Å². The van der Waals surface area contributed by atoms with Gasteiger partial charge in [-0.2, -0.15) is 0 Å². The highest BCUT2D eigenvalue weighted by molar-refractivity contribution is 5.65. The Kier molecular flexibility index (Phi) is 111. The van der Waals surface area contributed by atoms with Gasteiger partial charge in [-0.05, 0) is 0 Å². The molecule has 0 amide bonds. The van der Waals surface area contributed by atoms with Crippen LogP contribution in [-0.4, -0.2) is 111 Å². The first kappa shape index (κ1) is 70.4. The van der Waals surface area contributed by atoms with Crippen LogP contribution in [0.15, 0.2) is 0 Å². The van der Waals surface area contributed by atoms with E-state index >= 15 is 0 Å². The van der Waals surface area contributed by atoms with Crippen molar-refractivity contribution in [2.75, 3.05) is 0 Å². The third-order valence-electron chi connectivity index (χ3n) is 0. The Hall–Kier alpha value is -5.34. The van der Waals surface area contributed by atoms with E-state index in [1.54, 1.807) is 0 Å². The molecular weight excluding hydrogens is 574 g/mol. The molecule has 0 bridgehead atoms. The molecular formula is C20H43NO20. The second-order valence-electron chi connectivity index (χ2n) is 5.19. The van der Waals surface area contributed by atoms with Crippen molar-refractivity contribution in [3.8, 4) is 0 Å². The molecule has 0 aliphatic rings. The van der Waals surface area contributed by atoms with Gasteiger partial charge in [-0.15, -0.1) is 0 Å². The van der Waals surface area contributed by atoms with Gasteiger partial charge >= 0.3 is 0 Å². The average molecular weight is 618 g/mol. The molecule has 0 aromatic carbocycles. The number of aliphatic carboxylic acids is 10. The minimum atomic E-state index is -0.833. The van der Waals surface area contributed by atoms with Crippen LogP contribution >= 0.6 is 0 Å².